The van der Waals surface area contributed by atoms with Crippen molar-refractivity contribution in [1.29, 1.82) is 0 Å². The fourth-order valence-corrected chi connectivity index (χ4v) is 5.09. The van der Waals surface area contributed by atoms with Gasteiger partial charge in [0.05, 0.1) is 19.3 Å². The Morgan fingerprint density at radius 3 is 2.71 bits per heavy atom. The number of ether oxygens (including phenoxy) is 1. The van der Waals surface area contributed by atoms with E-state index in [9.17, 15) is 0 Å². The molecule has 2 N–H and O–H groups in total. The molecular weight excluding hydrogens is 444 g/mol. The Balaban J connectivity index is 1.29. The molecule has 6 rings (SSSR count). The number of H-pyrrole nitrogens is 1. The van der Waals surface area contributed by atoms with E-state index in [-0.39, 0.29) is 5.92 Å². The van der Waals surface area contributed by atoms with Crippen molar-refractivity contribution in [2.45, 2.75) is 18.9 Å². The zero-order chi connectivity index (χ0) is 23.1. The van der Waals surface area contributed by atoms with Crippen LogP contribution in [0, 0.1) is 0 Å². The molecule has 5 aromatic rings. The van der Waals surface area contributed by atoms with E-state index in [1.54, 1.807) is 7.11 Å². The van der Waals surface area contributed by atoms with Gasteiger partial charge in [-0.3, -0.25) is 0 Å². The SMILES string of the molecule is COc1ccc2[nH]c(CNc3ncc4c(n3)-c3ccccc3C(c3ccccc3Cl)C4)cc2c1. The maximum absolute atomic E-state index is 6.57. The van der Waals surface area contributed by atoms with Gasteiger partial charge in [-0.2, -0.15) is 0 Å². The summed E-state index contributed by atoms with van der Waals surface area (Å²) in [6.45, 7) is 0.597. The highest BCUT2D eigenvalue weighted by atomic mass is 35.5. The van der Waals surface area contributed by atoms with Crippen molar-refractivity contribution in [1.82, 2.24) is 15.0 Å². The van der Waals surface area contributed by atoms with Crippen molar-refractivity contribution in [2.24, 2.45) is 0 Å². The molecule has 0 saturated carbocycles. The minimum Gasteiger partial charge on any atom is -0.497 e. The number of halogens is 1. The number of aromatic amines is 1. The summed E-state index contributed by atoms with van der Waals surface area (Å²) in [7, 11) is 1.68. The molecule has 168 valence electrons. The van der Waals surface area contributed by atoms with Gasteiger partial charge in [-0.1, -0.05) is 54.1 Å². The average molecular weight is 467 g/mol. The fraction of sp³-hybridized carbons (Fsp3) is 0.143. The first kappa shape index (κ1) is 20.8. The third-order valence-electron chi connectivity index (χ3n) is 6.48. The topological polar surface area (TPSA) is 62.8 Å². The van der Waals surface area contributed by atoms with Gasteiger partial charge in [0.15, 0.2) is 0 Å². The van der Waals surface area contributed by atoms with Crippen LogP contribution in [-0.4, -0.2) is 22.1 Å². The van der Waals surface area contributed by atoms with Gasteiger partial charge < -0.3 is 15.0 Å². The van der Waals surface area contributed by atoms with Gasteiger partial charge >= 0.3 is 0 Å². The molecular formula is C28H23ClN4O. The number of hydrogen-bond acceptors (Lipinski definition) is 4. The molecule has 1 atom stereocenters. The standard InChI is InChI=1S/C28H23ClN4O/c1-34-20-10-11-26-17(13-20)12-19(32-26)16-31-28-30-15-18-14-24(22-7-4-5-9-25(22)29)21-6-2-3-8-23(21)27(18)33-28/h2-13,15,24,32H,14,16H2,1H3,(H,30,31,33). The third-order valence-corrected chi connectivity index (χ3v) is 6.83. The summed E-state index contributed by atoms with van der Waals surface area (Å²) in [5.74, 6) is 1.64. The molecule has 0 fully saturated rings. The van der Waals surface area contributed by atoms with Crippen LogP contribution in [-0.2, 0) is 13.0 Å². The van der Waals surface area contributed by atoms with E-state index < -0.39 is 0 Å². The molecule has 2 heterocycles. The fourth-order valence-electron chi connectivity index (χ4n) is 4.82. The predicted molar refractivity (Wildman–Crippen MR) is 137 cm³/mol. The number of benzene rings is 3. The number of anilines is 1. The first-order valence-corrected chi connectivity index (χ1v) is 11.7. The van der Waals surface area contributed by atoms with Crippen molar-refractivity contribution in [3.63, 3.8) is 0 Å². The molecule has 0 saturated heterocycles. The van der Waals surface area contributed by atoms with Crippen LogP contribution in [0.2, 0.25) is 5.02 Å². The van der Waals surface area contributed by atoms with Crippen molar-refractivity contribution in [2.75, 3.05) is 12.4 Å². The Labute approximate surface area is 202 Å². The van der Waals surface area contributed by atoms with Gasteiger partial charge in [-0.05, 0) is 53.4 Å². The van der Waals surface area contributed by atoms with Gasteiger partial charge in [-0.25, -0.2) is 9.97 Å². The molecule has 5 nitrogen and oxygen atoms in total. The average Bonchev–Trinajstić information content (AvgIpc) is 3.29. The molecule has 1 aliphatic rings. The molecule has 0 aliphatic heterocycles. The quantitative estimate of drug-likeness (QED) is 0.307. The van der Waals surface area contributed by atoms with E-state index in [4.69, 9.17) is 21.3 Å². The molecule has 34 heavy (non-hydrogen) atoms. The molecule has 0 radical (unpaired) electrons. The molecule has 2 aromatic heterocycles. The Bertz CT molecular complexity index is 1510. The van der Waals surface area contributed by atoms with Crippen LogP contribution in [0.5, 0.6) is 5.75 Å². The third kappa shape index (κ3) is 3.68. The Kier molecular flexibility index (Phi) is 5.19. The molecule has 0 amide bonds. The maximum Gasteiger partial charge on any atom is 0.223 e. The normalized spacial score (nSPS) is 14.5. The summed E-state index contributed by atoms with van der Waals surface area (Å²) >= 11 is 6.57. The van der Waals surface area contributed by atoms with Crippen molar-refractivity contribution >= 4 is 28.5 Å². The van der Waals surface area contributed by atoms with E-state index in [0.717, 1.165) is 56.2 Å². The largest absolute Gasteiger partial charge is 0.497 e. The molecule has 1 unspecified atom stereocenters. The summed E-state index contributed by atoms with van der Waals surface area (Å²) < 4.78 is 5.33. The molecule has 3 aromatic carbocycles. The smallest absolute Gasteiger partial charge is 0.223 e. The van der Waals surface area contributed by atoms with Crippen LogP contribution in [0.4, 0.5) is 5.95 Å². The minimum atomic E-state index is 0.183. The predicted octanol–water partition coefficient (Wildman–Crippen LogP) is 6.59. The zero-order valence-electron chi connectivity index (χ0n) is 18.7. The van der Waals surface area contributed by atoms with Gasteiger partial charge in [0.2, 0.25) is 5.95 Å². The zero-order valence-corrected chi connectivity index (χ0v) is 19.4. The van der Waals surface area contributed by atoms with Gasteiger partial charge in [0.1, 0.15) is 5.75 Å². The molecule has 1 aliphatic carbocycles. The Morgan fingerprint density at radius 2 is 1.85 bits per heavy atom. The van der Waals surface area contributed by atoms with Crippen LogP contribution in [0.25, 0.3) is 22.2 Å². The van der Waals surface area contributed by atoms with Gasteiger partial charge in [-0.15, -0.1) is 0 Å². The summed E-state index contributed by atoms with van der Waals surface area (Å²) in [5.41, 5.74) is 7.77. The Morgan fingerprint density at radius 1 is 1.03 bits per heavy atom. The van der Waals surface area contributed by atoms with Crippen LogP contribution < -0.4 is 10.1 Å². The lowest BCUT2D eigenvalue weighted by Gasteiger charge is -2.28. The van der Waals surface area contributed by atoms with Crippen molar-refractivity contribution in [3.8, 4) is 17.0 Å². The van der Waals surface area contributed by atoms with Crippen LogP contribution in [0.15, 0.2) is 79.0 Å². The van der Waals surface area contributed by atoms with Gasteiger partial charge in [0.25, 0.3) is 0 Å². The number of aromatic nitrogens is 3. The number of nitrogens with one attached hydrogen (secondary N) is 2. The number of rotatable bonds is 5. The lowest BCUT2D eigenvalue weighted by molar-refractivity contribution is 0.415. The highest BCUT2D eigenvalue weighted by molar-refractivity contribution is 6.31. The lowest BCUT2D eigenvalue weighted by atomic mass is 9.78. The number of methoxy groups -OCH3 is 1. The number of nitrogens with zero attached hydrogens (tertiary/aromatic N) is 2. The van der Waals surface area contributed by atoms with Crippen molar-refractivity contribution in [3.05, 3.63) is 106 Å². The first-order chi connectivity index (χ1) is 16.7. The second-order valence-electron chi connectivity index (χ2n) is 8.53. The van der Waals surface area contributed by atoms with E-state index in [1.807, 2.05) is 42.6 Å². The van der Waals surface area contributed by atoms with E-state index in [0.29, 0.717) is 12.5 Å². The maximum atomic E-state index is 6.57. The second kappa shape index (κ2) is 8.50. The second-order valence-corrected chi connectivity index (χ2v) is 8.94. The van der Waals surface area contributed by atoms with Crippen LogP contribution in [0.3, 0.4) is 0 Å². The molecule has 0 spiro atoms. The monoisotopic (exact) mass is 466 g/mol. The van der Waals surface area contributed by atoms with Gasteiger partial charge in [0, 0.05) is 39.3 Å². The molecule has 0 bridgehead atoms. The van der Waals surface area contributed by atoms with Crippen molar-refractivity contribution < 1.29 is 4.74 Å². The van der Waals surface area contributed by atoms with E-state index >= 15 is 0 Å². The summed E-state index contributed by atoms with van der Waals surface area (Å²) in [6.07, 6.45) is 2.76. The minimum absolute atomic E-state index is 0.183. The number of fused-ring (bicyclic) bond motifs is 4. The highest BCUT2D eigenvalue weighted by Gasteiger charge is 2.28. The molecule has 6 heteroatoms. The number of hydrogen-bond donors (Lipinski definition) is 2. The Hall–Kier alpha value is -3.83. The van der Waals surface area contributed by atoms with Crippen LogP contribution in [0.1, 0.15) is 28.3 Å². The van der Waals surface area contributed by atoms with Crippen LogP contribution >= 0.6 is 11.6 Å². The van der Waals surface area contributed by atoms with E-state index in [1.165, 1.54) is 5.56 Å². The first-order valence-electron chi connectivity index (χ1n) is 11.3. The summed E-state index contributed by atoms with van der Waals surface area (Å²) in [4.78, 5) is 13.0. The summed E-state index contributed by atoms with van der Waals surface area (Å²) in [5, 5.41) is 5.28. The summed E-state index contributed by atoms with van der Waals surface area (Å²) in [6, 6.07) is 24.7. The highest BCUT2D eigenvalue weighted by Crippen LogP contribution is 2.43. The van der Waals surface area contributed by atoms with E-state index in [2.05, 4.69) is 51.7 Å². The lowest BCUT2D eigenvalue weighted by Crippen LogP contribution is -2.15.